The molecule has 0 N–H and O–H groups in total. The number of hydrogen-bond donors (Lipinski definition) is 0. The maximum Gasteiger partial charge on any atom is 0.211 e. The van der Waals surface area contributed by atoms with Crippen LogP contribution in [0.2, 0.25) is 0 Å². The first-order valence-electron chi connectivity index (χ1n) is 6.46. The van der Waals surface area contributed by atoms with Crippen molar-refractivity contribution in [3.8, 4) is 0 Å². The van der Waals surface area contributed by atoms with Crippen LogP contribution in [-0.4, -0.2) is 56.6 Å². The summed E-state index contributed by atoms with van der Waals surface area (Å²) in [5, 5.41) is 0. The van der Waals surface area contributed by atoms with Crippen molar-refractivity contribution in [1.82, 2.24) is 9.21 Å². The molecule has 0 bridgehead atoms. The van der Waals surface area contributed by atoms with Gasteiger partial charge < -0.3 is 4.90 Å². The van der Waals surface area contributed by atoms with Gasteiger partial charge in [-0.2, -0.15) is 0 Å². The van der Waals surface area contributed by atoms with Gasteiger partial charge in [0.05, 0.1) is 6.26 Å². The Balaban J connectivity index is 2.02. The quantitative estimate of drug-likeness (QED) is 0.761. The van der Waals surface area contributed by atoms with Gasteiger partial charge in [0, 0.05) is 18.6 Å². The summed E-state index contributed by atoms with van der Waals surface area (Å²) in [6, 6.07) is 0. The van der Waals surface area contributed by atoms with Crippen molar-refractivity contribution in [2.24, 2.45) is 5.92 Å². The molecule has 0 unspecified atom stereocenters. The highest BCUT2D eigenvalue weighted by molar-refractivity contribution is 7.88. The van der Waals surface area contributed by atoms with E-state index in [1.807, 2.05) is 0 Å². The fraction of sp³-hybridized carbons (Fsp3) is 1.00. The minimum absolute atomic E-state index is 0.238. The molecule has 0 radical (unpaired) electrons. The molecular weight excluding hydrogens is 236 g/mol. The van der Waals surface area contributed by atoms with Gasteiger partial charge in [-0.05, 0) is 39.3 Å². The molecular formula is C12H24N2O2S. The standard InChI is InChI=1S/C12H24N2O2S/c1-13(2)12(10-11-4-5-11)6-8-14(9-7-12)17(3,15)16/h11H,4-10H2,1-3H3. The maximum atomic E-state index is 11.5. The zero-order valence-corrected chi connectivity index (χ0v) is 12.0. The lowest BCUT2D eigenvalue weighted by Crippen LogP contribution is -2.53. The third-order valence-corrected chi connectivity index (χ3v) is 5.74. The smallest absolute Gasteiger partial charge is 0.211 e. The van der Waals surface area contributed by atoms with E-state index in [1.54, 1.807) is 4.31 Å². The first kappa shape index (κ1) is 13.3. The van der Waals surface area contributed by atoms with Crippen molar-refractivity contribution in [2.45, 2.75) is 37.6 Å². The molecule has 2 fully saturated rings. The molecule has 100 valence electrons. The number of hydrogen-bond acceptors (Lipinski definition) is 3. The highest BCUT2D eigenvalue weighted by atomic mass is 32.2. The van der Waals surface area contributed by atoms with E-state index in [2.05, 4.69) is 19.0 Å². The van der Waals surface area contributed by atoms with Crippen molar-refractivity contribution in [3.05, 3.63) is 0 Å². The zero-order chi connectivity index (χ0) is 12.7. The fourth-order valence-corrected chi connectivity index (χ4v) is 3.77. The van der Waals surface area contributed by atoms with E-state index in [-0.39, 0.29) is 5.54 Å². The molecule has 4 nitrogen and oxygen atoms in total. The Hall–Kier alpha value is -0.130. The summed E-state index contributed by atoms with van der Waals surface area (Å²) in [5.74, 6) is 0.891. The van der Waals surface area contributed by atoms with Gasteiger partial charge in [0.25, 0.3) is 0 Å². The summed E-state index contributed by atoms with van der Waals surface area (Å²) >= 11 is 0. The first-order valence-corrected chi connectivity index (χ1v) is 8.31. The van der Waals surface area contributed by atoms with E-state index in [0.29, 0.717) is 13.1 Å². The van der Waals surface area contributed by atoms with Gasteiger partial charge in [0.2, 0.25) is 10.0 Å². The van der Waals surface area contributed by atoms with Gasteiger partial charge in [-0.25, -0.2) is 12.7 Å². The van der Waals surface area contributed by atoms with Crippen molar-refractivity contribution in [3.63, 3.8) is 0 Å². The Bertz CT molecular complexity index is 366. The molecule has 1 aliphatic carbocycles. The normalized spacial score (nSPS) is 26.4. The van der Waals surface area contributed by atoms with Gasteiger partial charge >= 0.3 is 0 Å². The molecule has 0 aromatic carbocycles. The minimum Gasteiger partial charge on any atom is -0.304 e. The molecule has 5 heteroatoms. The Morgan fingerprint density at radius 1 is 1.24 bits per heavy atom. The van der Waals surface area contributed by atoms with Crippen LogP contribution in [0, 0.1) is 5.92 Å². The van der Waals surface area contributed by atoms with Gasteiger partial charge in [0.15, 0.2) is 0 Å². The summed E-state index contributed by atoms with van der Waals surface area (Å²) in [6.07, 6.45) is 7.25. The third-order valence-electron chi connectivity index (χ3n) is 4.44. The van der Waals surface area contributed by atoms with Crippen molar-refractivity contribution >= 4 is 10.0 Å². The van der Waals surface area contributed by atoms with Crippen LogP contribution in [0.15, 0.2) is 0 Å². The van der Waals surface area contributed by atoms with E-state index >= 15 is 0 Å². The van der Waals surface area contributed by atoms with Crippen LogP contribution in [0.3, 0.4) is 0 Å². The molecule has 0 aromatic rings. The number of sulfonamides is 1. The largest absolute Gasteiger partial charge is 0.304 e. The van der Waals surface area contributed by atoms with E-state index in [9.17, 15) is 8.42 Å². The lowest BCUT2D eigenvalue weighted by molar-refractivity contribution is 0.0698. The average Bonchev–Trinajstić information content (AvgIpc) is 3.00. The SMILES string of the molecule is CN(C)C1(CC2CC2)CCN(S(C)(=O)=O)CC1. The lowest BCUT2D eigenvalue weighted by Gasteiger charge is -2.46. The van der Waals surface area contributed by atoms with E-state index in [0.717, 1.165) is 18.8 Å². The van der Waals surface area contributed by atoms with Crippen LogP contribution in [-0.2, 0) is 10.0 Å². The summed E-state index contributed by atoms with van der Waals surface area (Å²) in [5.41, 5.74) is 0.238. The molecule has 0 atom stereocenters. The fourth-order valence-electron chi connectivity index (χ4n) is 2.93. The predicted octanol–water partition coefficient (Wildman–Crippen LogP) is 1.14. The molecule has 17 heavy (non-hydrogen) atoms. The Morgan fingerprint density at radius 3 is 2.12 bits per heavy atom. The van der Waals surface area contributed by atoms with E-state index < -0.39 is 10.0 Å². The van der Waals surface area contributed by atoms with Gasteiger partial charge in [0.1, 0.15) is 0 Å². The topological polar surface area (TPSA) is 40.6 Å². The van der Waals surface area contributed by atoms with Gasteiger partial charge in [-0.1, -0.05) is 12.8 Å². The van der Waals surface area contributed by atoms with Crippen molar-refractivity contribution < 1.29 is 8.42 Å². The van der Waals surface area contributed by atoms with Crippen LogP contribution in [0.4, 0.5) is 0 Å². The van der Waals surface area contributed by atoms with Crippen LogP contribution in [0.5, 0.6) is 0 Å². The molecule has 0 spiro atoms. The van der Waals surface area contributed by atoms with Gasteiger partial charge in [-0.3, -0.25) is 0 Å². The van der Waals surface area contributed by atoms with Crippen molar-refractivity contribution in [2.75, 3.05) is 33.4 Å². The molecule has 0 aromatic heterocycles. The van der Waals surface area contributed by atoms with Gasteiger partial charge in [-0.15, -0.1) is 0 Å². The predicted molar refractivity (Wildman–Crippen MR) is 69.4 cm³/mol. The van der Waals surface area contributed by atoms with E-state index in [4.69, 9.17) is 0 Å². The van der Waals surface area contributed by atoms with Crippen LogP contribution >= 0.6 is 0 Å². The Kier molecular flexibility index (Phi) is 3.54. The number of nitrogens with zero attached hydrogens (tertiary/aromatic N) is 2. The van der Waals surface area contributed by atoms with E-state index in [1.165, 1.54) is 25.5 Å². The summed E-state index contributed by atoms with van der Waals surface area (Å²) < 4.78 is 24.7. The molecule has 1 aliphatic heterocycles. The second kappa shape index (κ2) is 4.52. The van der Waals surface area contributed by atoms with Crippen LogP contribution < -0.4 is 0 Å². The van der Waals surface area contributed by atoms with Crippen LogP contribution in [0.25, 0.3) is 0 Å². The molecule has 2 rings (SSSR count). The zero-order valence-electron chi connectivity index (χ0n) is 11.1. The molecule has 1 saturated heterocycles. The Morgan fingerprint density at radius 2 is 1.76 bits per heavy atom. The van der Waals surface area contributed by atoms with Crippen LogP contribution in [0.1, 0.15) is 32.1 Å². The highest BCUT2D eigenvalue weighted by Crippen LogP contribution is 2.42. The number of rotatable bonds is 4. The highest BCUT2D eigenvalue weighted by Gasteiger charge is 2.42. The molecule has 1 saturated carbocycles. The maximum absolute atomic E-state index is 11.5. The lowest BCUT2D eigenvalue weighted by atomic mass is 9.82. The number of piperidine rings is 1. The van der Waals surface area contributed by atoms with Crippen molar-refractivity contribution in [1.29, 1.82) is 0 Å². The Labute approximate surface area is 105 Å². The summed E-state index contributed by atoms with van der Waals surface area (Å²) in [4.78, 5) is 2.32. The first-order chi connectivity index (χ1) is 7.83. The monoisotopic (exact) mass is 260 g/mol. The second-order valence-electron chi connectivity index (χ2n) is 5.93. The average molecular weight is 260 g/mol. The summed E-state index contributed by atoms with van der Waals surface area (Å²) in [6.45, 7) is 1.37. The third kappa shape index (κ3) is 3.01. The summed E-state index contributed by atoms with van der Waals surface area (Å²) in [7, 11) is 1.27. The second-order valence-corrected chi connectivity index (χ2v) is 7.91. The molecule has 1 heterocycles. The molecule has 0 amide bonds. The molecule has 2 aliphatic rings. The minimum atomic E-state index is -3.00.